The highest BCUT2D eigenvalue weighted by molar-refractivity contribution is 7.15. The molecule has 18 heteroatoms. The molecule has 1 atom stereocenters. The third kappa shape index (κ3) is 12.0. The van der Waals surface area contributed by atoms with E-state index in [4.69, 9.17) is 34.4 Å². The summed E-state index contributed by atoms with van der Waals surface area (Å²) >= 11 is 1.61. The molecule has 7 rings (SSSR count). The van der Waals surface area contributed by atoms with Crippen LogP contribution in [0.5, 0.6) is 11.5 Å². The number of amides is 5. The molecule has 1 unspecified atom stereocenters. The summed E-state index contributed by atoms with van der Waals surface area (Å²) in [6.45, 7) is 6.72. The number of nitrogens with two attached hydrogens (primary N) is 1. The molecule has 0 aliphatic carbocycles. The molecule has 4 aromatic rings. The van der Waals surface area contributed by atoms with E-state index in [9.17, 15) is 29.1 Å². The van der Waals surface area contributed by atoms with Crippen molar-refractivity contribution in [3.8, 4) is 33.8 Å². The van der Waals surface area contributed by atoms with Crippen LogP contribution in [0, 0.1) is 11.8 Å². The molecule has 2 saturated heterocycles. The topological polar surface area (TPSA) is 213 Å². The van der Waals surface area contributed by atoms with Crippen LogP contribution in [0.4, 0.5) is 5.82 Å². The van der Waals surface area contributed by atoms with Crippen LogP contribution in [-0.2, 0) is 35.2 Å². The van der Waals surface area contributed by atoms with Crippen LogP contribution in [0.3, 0.4) is 0 Å². The van der Waals surface area contributed by atoms with Crippen molar-refractivity contribution in [2.75, 3.05) is 72.1 Å². The lowest BCUT2D eigenvalue weighted by molar-refractivity contribution is -0.149. The molecular weight excluding hydrogens is 869 g/mol. The van der Waals surface area contributed by atoms with Gasteiger partial charge in [-0.2, -0.15) is 0 Å². The summed E-state index contributed by atoms with van der Waals surface area (Å²) in [5, 5.41) is 10.9. The van der Waals surface area contributed by atoms with Gasteiger partial charge >= 0.3 is 0 Å². The Morgan fingerprint density at radius 1 is 0.864 bits per heavy atom. The van der Waals surface area contributed by atoms with Crippen LogP contribution < -0.4 is 15.2 Å². The summed E-state index contributed by atoms with van der Waals surface area (Å²) in [5.41, 5.74) is 7.86. The number of thiazole rings is 1. The number of piperidine rings is 2. The van der Waals surface area contributed by atoms with Gasteiger partial charge < -0.3 is 39.4 Å². The number of hydrogen-bond donors (Lipinski definition) is 2. The number of rotatable bonds is 19. The Morgan fingerprint density at radius 3 is 2.32 bits per heavy atom. The lowest BCUT2D eigenvalue weighted by Crippen LogP contribution is -2.54. The van der Waals surface area contributed by atoms with E-state index in [2.05, 4.69) is 16.8 Å². The third-order valence-corrected chi connectivity index (χ3v) is 12.5. The first kappa shape index (κ1) is 47.7. The summed E-state index contributed by atoms with van der Waals surface area (Å²) < 4.78 is 28.7. The highest BCUT2D eigenvalue weighted by atomic mass is 32.1. The molecule has 0 spiro atoms. The van der Waals surface area contributed by atoms with Crippen molar-refractivity contribution >= 4 is 46.7 Å². The Hall–Kier alpha value is -6.23. The number of nitrogen functional groups attached to an aromatic ring is 1. The molecule has 3 N–H and O–H groups in total. The second-order valence-corrected chi connectivity index (χ2v) is 17.6. The molecule has 0 radical (unpaired) electrons. The predicted octanol–water partition coefficient (Wildman–Crippen LogP) is 4.46. The summed E-state index contributed by atoms with van der Waals surface area (Å²) in [5.74, 6) is 4.93. The molecule has 3 aliphatic rings. The van der Waals surface area contributed by atoms with E-state index in [0.717, 1.165) is 49.2 Å². The van der Waals surface area contributed by atoms with Crippen LogP contribution in [0.25, 0.3) is 10.4 Å². The van der Waals surface area contributed by atoms with Gasteiger partial charge in [-0.15, -0.1) is 11.3 Å². The van der Waals surface area contributed by atoms with Crippen molar-refractivity contribution < 1.29 is 52.8 Å². The van der Waals surface area contributed by atoms with E-state index in [1.807, 2.05) is 41.4 Å². The van der Waals surface area contributed by atoms with Gasteiger partial charge in [-0.05, 0) is 69.0 Å². The molecule has 5 heterocycles. The largest absolute Gasteiger partial charge is 0.490 e. The molecule has 2 aromatic heterocycles. The van der Waals surface area contributed by atoms with E-state index in [0.29, 0.717) is 51.9 Å². The number of hydrogen-bond acceptors (Lipinski definition) is 15. The minimum Gasteiger partial charge on any atom is -0.490 e. The van der Waals surface area contributed by atoms with Gasteiger partial charge in [0.15, 0.2) is 11.6 Å². The lowest BCUT2D eigenvalue weighted by atomic mass is 9.97. The highest BCUT2D eigenvalue weighted by Crippen LogP contribution is 2.37. The van der Waals surface area contributed by atoms with Crippen LogP contribution in [0.15, 0.2) is 60.9 Å². The molecule has 348 valence electrons. The Bertz CT molecular complexity index is 2490. The summed E-state index contributed by atoms with van der Waals surface area (Å²) in [6.07, 6.45) is 5.62. The number of benzene rings is 2. The second kappa shape index (κ2) is 21.8. The fourth-order valence-electron chi connectivity index (χ4n) is 7.70. The maximum Gasteiger partial charge on any atom is 0.266 e. The summed E-state index contributed by atoms with van der Waals surface area (Å²) in [4.78, 5) is 77.8. The van der Waals surface area contributed by atoms with Gasteiger partial charge in [0.05, 0.1) is 67.1 Å². The molecular formula is C48H54N6O11S. The molecule has 0 bridgehead atoms. The molecule has 2 aromatic carbocycles. The number of fused-ring (bicyclic) bond motifs is 1. The number of ether oxygens (including phenoxy) is 5. The Morgan fingerprint density at radius 2 is 1.58 bits per heavy atom. The van der Waals surface area contributed by atoms with Crippen LogP contribution >= 0.6 is 11.3 Å². The number of likely N-dealkylation sites (N-methyl/N-ethyl adjacent to an activating group) is 1. The fraction of sp³-hybridized carbons (Fsp3) is 0.438. The molecule has 0 saturated carbocycles. The number of imide groups is 2. The number of anilines is 1. The van der Waals surface area contributed by atoms with Crippen molar-refractivity contribution in [1.29, 1.82) is 0 Å². The first-order chi connectivity index (χ1) is 31.8. The monoisotopic (exact) mass is 922 g/mol. The molecule has 3 aliphatic heterocycles. The van der Waals surface area contributed by atoms with E-state index >= 15 is 0 Å². The minimum atomic E-state index is -1.08. The van der Waals surface area contributed by atoms with Gasteiger partial charge in [0.2, 0.25) is 11.8 Å². The lowest BCUT2D eigenvalue weighted by Gasteiger charge is -2.32. The number of nitrogens with zero attached hydrogens (tertiary/aromatic N) is 5. The smallest absolute Gasteiger partial charge is 0.266 e. The maximum absolute atomic E-state index is 13.3. The van der Waals surface area contributed by atoms with Gasteiger partial charge in [-0.25, -0.2) is 9.97 Å². The van der Waals surface area contributed by atoms with E-state index in [-0.39, 0.29) is 79.5 Å². The van der Waals surface area contributed by atoms with Gasteiger partial charge in [0.1, 0.15) is 30.6 Å². The number of likely N-dealkylation sites (tertiary alicyclic amines) is 2. The Kier molecular flexibility index (Phi) is 15.8. The minimum absolute atomic E-state index is 0.0534. The zero-order valence-corrected chi connectivity index (χ0v) is 38.1. The normalized spacial score (nSPS) is 16.7. The Labute approximate surface area is 387 Å². The second-order valence-electron chi connectivity index (χ2n) is 16.6. The number of aliphatic hydroxyl groups is 1. The first-order valence-corrected chi connectivity index (χ1v) is 22.7. The molecule has 2 fully saturated rings. The molecule has 66 heavy (non-hydrogen) atoms. The van der Waals surface area contributed by atoms with Crippen molar-refractivity contribution in [1.82, 2.24) is 24.7 Å². The van der Waals surface area contributed by atoms with E-state index in [1.54, 1.807) is 43.5 Å². The number of aromatic nitrogens is 2. The first-order valence-electron chi connectivity index (χ1n) is 21.9. The van der Waals surface area contributed by atoms with Crippen molar-refractivity contribution in [2.24, 2.45) is 0 Å². The molecule has 17 nitrogen and oxygen atoms in total. The standard InChI is InChI=1S/C48H54N6O11S/c1-48(2,60)16-12-31-6-4-7-32(26-31)30-65-38-27-34(28-50-43(38)49)39-29-51-44(66-39)33-13-17-53(18-14-33)41(56)15-19-61-20-21-62-22-23-63-24-25-64-37-9-5-8-35-42(37)47(59)54(45(35)57)36-10-11-40(55)52(3)46(36)58/h4-9,26-29,33,36,60H,10-11,13-15,17-25,30H2,1-3H3,(H2,49,50). The fourth-order valence-corrected chi connectivity index (χ4v) is 8.77. The zero-order valence-electron chi connectivity index (χ0n) is 37.3. The SMILES string of the molecule is CN1C(=O)CCC(N2C(=O)c3cccc(OCCOCCOCCOCCC(=O)N4CCC(c5ncc(-c6cnc(N)c(OCc7cccc(C#CC(C)(C)O)c7)c6)s5)CC4)c3C2=O)C1=O. The van der Waals surface area contributed by atoms with Gasteiger partial charge in [0, 0.05) is 56.0 Å². The van der Waals surface area contributed by atoms with Crippen molar-refractivity contribution in [3.05, 3.63) is 88.2 Å². The van der Waals surface area contributed by atoms with Crippen molar-refractivity contribution in [3.63, 3.8) is 0 Å². The predicted molar refractivity (Wildman–Crippen MR) is 243 cm³/mol. The van der Waals surface area contributed by atoms with Gasteiger partial charge in [0.25, 0.3) is 17.7 Å². The summed E-state index contributed by atoms with van der Waals surface area (Å²) in [7, 11) is 1.35. The van der Waals surface area contributed by atoms with Crippen LogP contribution in [-0.4, -0.2) is 137 Å². The van der Waals surface area contributed by atoms with E-state index in [1.165, 1.54) is 13.1 Å². The number of carbonyl (C=O) groups excluding carboxylic acids is 5. The van der Waals surface area contributed by atoms with Crippen LogP contribution in [0.2, 0.25) is 0 Å². The summed E-state index contributed by atoms with van der Waals surface area (Å²) in [6, 6.07) is 13.2. The van der Waals surface area contributed by atoms with Crippen molar-refractivity contribution in [2.45, 2.75) is 70.1 Å². The van der Waals surface area contributed by atoms with Crippen LogP contribution in [0.1, 0.15) is 88.7 Å². The van der Waals surface area contributed by atoms with E-state index < -0.39 is 29.4 Å². The average molecular weight is 923 g/mol. The zero-order chi connectivity index (χ0) is 46.8. The third-order valence-electron chi connectivity index (χ3n) is 11.3. The number of pyridine rings is 1. The maximum atomic E-state index is 13.3. The quantitative estimate of drug-likeness (QED) is 0.0756. The van der Waals surface area contributed by atoms with Gasteiger partial charge in [-0.1, -0.05) is 30.0 Å². The van der Waals surface area contributed by atoms with Gasteiger partial charge in [-0.3, -0.25) is 33.8 Å². The average Bonchev–Trinajstić information content (AvgIpc) is 3.90. The highest BCUT2D eigenvalue weighted by Gasteiger charge is 2.47. The number of carbonyl (C=O) groups is 5. The molecule has 5 amide bonds. The Balaban J connectivity index is 0.741.